The van der Waals surface area contributed by atoms with E-state index in [0.717, 1.165) is 46.3 Å². The van der Waals surface area contributed by atoms with Gasteiger partial charge >= 0.3 is 0 Å². The van der Waals surface area contributed by atoms with Crippen LogP contribution in [0.4, 0.5) is 0 Å². The van der Waals surface area contributed by atoms with E-state index < -0.39 is 0 Å². The van der Waals surface area contributed by atoms with E-state index in [1.165, 1.54) is 44.1 Å². The van der Waals surface area contributed by atoms with Gasteiger partial charge < -0.3 is 8.98 Å². The smallest absolute Gasteiger partial charge is 0.227 e. The molecule has 0 saturated carbocycles. The Bertz CT molecular complexity index is 2460. The van der Waals surface area contributed by atoms with Crippen molar-refractivity contribution in [3.05, 3.63) is 163 Å². The van der Waals surface area contributed by atoms with Gasteiger partial charge in [0.05, 0.1) is 11.0 Å². The number of nitrogens with zero attached hydrogens (tertiary/aromatic N) is 2. The lowest BCUT2D eigenvalue weighted by molar-refractivity contribution is 0.620. The van der Waals surface area contributed by atoms with E-state index in [2.05, 4.69) is 162 Å². The average molecular weight is 591 g/mol. The standard InChI is InChI=1S/C43H30N2O/c1-3-10-29(11-4-1)32-12-9-13-33(26-32)30-18-20-31(21-19-30)43-44-39-24-22-35(28-42(39)46-43)34-23-25-41-38(27-34)37-16-7-8-17-40(37)45(41)36-14-5-2-6-15-36/h2-3,5-28H,1,4H2. The number of fused-ring (bicyclic) bond motifs is 4. The van der Waals surface area contributed by atoms with E-state index in [1.54, 1.807) is 0 Å². The SMILES string of the molecule is C1=CC(c2cccc(-c3ccc(-c4nc5ccc(-c6ccc7c(c6)c6ccccc6n7-c6ccccc6)cc5o4)cc3)c2)=CCC1. The Labute approximate surface area is 267 Å². The van der Waals surface area contributed by atoms with Crippen LogP contribution in [0.3, 0.4) is 0 Å². The van der Waals surface area contributed by atoms with Gasteiger partial charge in [-0.05, 0) is 107 Å². The molecule has 6 aromatic carbocycles. The van der Waals surface area contributed by atoms with E-state index >= 15 is 0 Å². The maximum absolute atomic E-state index is 6.35. The van der Waals surface area contributed by atoms with Crippen LogP contribution in [0.5, 0.6) is 0 Å². The van der Waals surface area contributed by atoms with Gasteiger partial charge in [-0.25, -0.2) is 4.98 Å². The van der Waals surface area contributed by atoms with Crippen molar-refractivity contribution in [3.63, 3.8) is 0 Å². The van der Waals surface area contributed by atoms with Crippen molar-refractivity contribution in [2.75, 3.05) is 0 Å². The molecule has 9 rings (SSSR count). The predicted octanol–water partition coefficient (Wildman–Crippen LogP) is 11.7. The third kappa shape index (κ3) is 4.56. The molecule has 0 unspecified atom stereocenters. The molecule has 0 radical (unpaired) electrons. The topological polar surface area (TPSA) is 31.0 Å². The highest BCUT2D eigenvalue weighted by Gasteiger charge is 2.15. The lowest BCUT2D eigenvalue weighted by atomic mass is 9.95. The summed E-state index contributed by atoms with van der Waals surface area (Å²) in [7, 11) is 0. The van der Waals surface area contributed by atoms with Gasteiger partial charge in [-0.1, -0.05) is 97.1 Å². The first-order chi connectivity index (χ1) is 22.8. The molecule has 0 N–H and O–H groups in total. The first-order valence-corrected chi connectivity index (χ1v) is 15.9. The quantitative estimate of drug-likeness (QED) is 0.200. The molecule has 0 spiro atoms. The minimum atomic E-state index is 0.631. The maximum atomic E-state index is 6.35. The molecule has 3 heteroatoms. The Morgan fingerprint density at radius 1 is 0.522 bits per heavy atom. The highest BCUT2D eigenvalue weighted by atomic mass is 16.3. The van der Waals surface area contributed by atoms with Crippen molar-refractivity contribution >= 4 is 38.5 Å². The van der Waals surface area contributed by atoms with Gasteiger partial charge in [0, 0.05) is 22.0 Å². The summed E-state index contributed by atoms with van der Waals surface area (Å²) < 4.78 is 8.69. The van der Waals surface area contributed by atoms with Crippen LogP contribution in [-0.2, 0) is 0 Å². The van der Waals surface area contributed by atoms with Crippen LogP contribution in [0.1, 0.15) is 18.4 Å². The summed E-state index contributed by atoms with van der Waals surface area (Å²) in [4.78, 5) is 4.84. The summed E-state index contributed by atoms with van der Waals surface area (Å²) >= 11 is 0. The molecule has 0 saturated heterocycles. The van der Waals surface area contributed by atoms with Gasteiger partial charge in [0.15, 0.2) is 5.58 Å². The zero-order valence-corrected chi connectivity index (χ0v) is 25.2. The van der Waals surface area contributed by atoms with Gasteiger partial charge in [0.1, 0.15) is 5.52 Å². The van der Waals surface area contributed by atoms with Crippen LogP contribution in [0.15, 0.2) is 162 Å². The Morgan fingerprint density at radius 2 is 1.24 bits per heavy atom. The van der Waals surface area contributed by atoms with Crippen molar-refractivity contribution < 1.29 is 4.42 Å². The fourth-order valence-corrected chi connectivity index (χ4v) is 6.75. The fourth-order valence-electron chi connectivity index (χ4n) is 6.75. The molecular formula is C43H30N2O. The normalized spacial score (nSPS) is 13.1. The third-order valence-electron chi connectivity index (χ3n) is 9.06. The van der Waals surface area contributed by atoms with E-state index in [1.807, 2.05) is 0 Å². The zero-order valence-electron chi connectivity index (χ0n) is 25.2. The van der Waals surface area contributed by atoms with Crippen LogP contribution in [0.2, 0.25) is 0 Å². The third-order valence-corrected chi connectivity index (χ3v) is 9.06. The molecule has 0 atom stereocenters. The first kappa shape index (κ1) is 26.5. The van der Waals surface area contributed by atoms with Gasteiger partial charge in [-0.2, -0.15) is 0 Å². The number of oxazole rings is 1. The molecular weight excluding hydrogens is 560 g/mol. The molecule has 46 heavy (non-hydrogen) atoms. The van der Waals surface area contributed by atoms with Crippen molar-refractivity contribution in [3.8, 4) is 39.4 Å². The molecule has 3 nitrogen and oxygen atoms in total. The number of hydrogen-bond acceptors (Lipinski definition) is 2. The summed E-state index contributed by atoms with van der Waals surface area (Å²) in [6.45, 7) is 0. The molecule has 218 valence electrons. The van der Waals surface area contributed by atoms with Crippen molar-refractivity contribution in [1.29, 1.82) is 0 Å². The highest BCUT2D eigenvalue weighted by Crippen LogP contribution is 2.36. The average Bonchev–Trinajstić information content (AvgIpc) is 3.71. The van der Waals surface area contributed by atoms with Gasteiger partial charge in [-0.3, -0.25) is 0 Å². The predicted molar refractivity (Wildman–Crippen MR) is 191 cm³/mol. The van der Waals surface area contributed by atoms with Gasteiger partial charge in [-0.15, -0.1) is 0 Å². The summed E-state index contributed by atoms with van der Waals surface area (Å²) in [5.41, 5.74) is 13.3. The largest absolute Gasteiger partial charge is 0.436 e. The maximum Gasteiger partial charge on any atom is 0.227 e. The van der Waals surface area contributed by atoms with Gasteiger partial charge in [0.25, 0.3) is 0 Å². The number of aromatic nitrogens is 2. The second-order valence-corrected chi connectivity index (χ2v) is 11.9. The molecule has 0 fully saturated rings. The minimum Gasteiger partial charge on any atom is -0.436 e. The second kappa shape index (κ2) is 10.9. The van der Waals surface area contributed by atoms with Crippen LogP contribution < -0.4 is 0 Å². The lowest BCUT2D eigenvalue weighted by Crippen LogP contribution is -1.92. The Hall–Kier alpha value is -5.93. The summed E-state index contributed by atoms with van der Waals surface area (Å²) in [6.07, 6.45) is 9.03. The Morgan fingerprint density at radius 3 is 2.11 bits per heavy atom. The van der Waals surface area contributed by atoms with E-state index in [-0.39, 0.29) is 0 Å². The van der Waals surface area contributed by atoms with Crippen LogP contribution in [0, 0.1) is 0 Å². The number of para-hydroxylation sites is 2. The molecule has 2 aromatic heterocycles. The van der Waals surface area contributed by atoms with E-state index in [0.29, 0.717) is 5.89 Å². The zero-order chi connectivity index (χ0) is 30.5. The van der Waals surface area contributed by atoms with E-state index in [9.17, 15) is 0 Å². The molecule has 0 amide bonds. The number of allylic oxidation sites excluding steroid dienone is 4. The number of benzene rings is 6. The van der Waals surface area contributed by atoms with Crippen LogP contribution in [0.25, 0.3) is 77.9 Å². The number of rotatable bonds is 5. The Balaban J connectivity index is 1.04. The molecule has 0 bridgehead atoms. The molecule has 2 heterocycles. The van der Waals surface area contributed by atoms with E-state index in [4.69, 9.17) is 9.40 Å². The monoisotopic (exact) mass is 590 g/mol. The van der Waals surface area contributed by atoms with Crippen molar-refractivity contribution in [1.82, 2.24) is 9.55 Å². The van der Waals surface area contributed by atoms with Crippen LogP contribution >= 0.6 is 0 Å². The summed E-state index contributed by atoms with van der Waals surface area (Å²) in [6, 6.07) is 49.5. The summed E-state index contributed by atoms with van der Waals surface area (Å²) in [5, 5.41) is 2.47. The second-order valence-electron chi connectivity index (χ2n) is 11.9. The fraction of sp³-hybridized carbons (Fsp3) is 0.0465. The van der Waals surface area contributed by atoms with Crippen molar-refractivity contribution in [2.45, 2.75) is 12.8 Å². The van der Waals surface area contributed by atoms with Gasteiger partial charge in [0.2, 0.25) is 5.89 Å². The van der Waals surface area contributed by atoms with Crippen molar-refractivity contribution in [2.24, 2.45) is 0 Å². The molecule has 0 aliphatic heterocycles. The highest BCUT2D eigenvalue weighted by molar-refractivity contribution is 6.10. The molecule has 1 aliphatic rings. The number of hydrogen-bond donors (Lipinski definition) is 0. The molecule has 1 aliphatic carbocycles. The minimum absolute atomic E-state index is 0.631. The first-order valence-electron chi connectivity index (χ1n) is 15.9. The Kier molecular flexibility index (Phi) is 6.27. The summed E-state index contributed by atoms with van der Waals surface area (Å²) in [5.74, 6) is 0.631. The van der Waals surface area contributed by atoms with Crippen LogP contribution in [-0.4, -0.2) is 9.55 Å². The molecule has 8 aromatic rings. The lowest BCUT2D eigenvalue weighted by Gasteiger charge is -2.09.